The standard InChI is InChI=1S/C21H28BrN3O2/c1-2-24-12-14-25(15-13-24)11-5-10-23-20(26)16-27-19-9-8-17-6-3-4-7-18(17)21(19)22/h3-4,6-9H,2,5,10-16H2,1H3,(H,23,26). The number of ether oxygens (including phenoxy) is 1. The molecule has 1 saturated heterocycles. The van der Waals surface area contributed by atoms with Gasteiger partial charge in [0.1, 0.15) is 5.75 Å². The van der Waals surface area contributed by atoms with E-state index in [2.05, 4.69) is 44.0 Å². The van der Waals surface area contributed by atoms with Gasteiger partial charge in [-0.15, -0.1) is 0 Å². The van der Waals surface area contributed by atoms with Crippen LogP contribution in [0.5, 0.6) is 5.75 Å². The van der Waals surface area contributed by atoms with Gasteiger partial charge in [0, 0.05) is 32.7 Å². The summed E-state index contributed by atoms with van der Waals surface area (Å²) in [6.07, 6.45) is 0.970. The number of halogens is 1. The highest BCUT2D eigenvalue weighted by atomic mass is 79.9. The van der Waals surface area contributed by atoms with Crippen molar-refractivity contribution in [2.45, 2.75) is 13.3 Å². The highest BCUT2D eigenvalue weighted by molar-refractivity contribution is 9.10. The SMILES string of the molecule is CCN1CCN(CCCNC(=O)COc2ccc3ccccc3c2Br)CC1. The van der Waals surface area contributed by atoms with Crippen LogP contribution in [0.3, 0.4) is 0 Å². The molecule has 27 heavy (non-hydrogen) atoms. The molecule has 6 heteroatoms. The number of piperazine rings is 1. The summed E-state index contributed by atoms with van der Waals surface area (Å²) >= 11 is 3.58. The number of hydrogen-bond acceptors (Lipinski definition) is 4. The predicted octanol–water partition coefficient (Wildman–Crippen LogP) is 3.12. The van der Waals surface area contributed by atoms with E-state index < -0.39 is 0 Å². The monoisotopic (exact) mass is 433 g/mol. The normalized spacial score (nSPS) is 15.8. The Kier molecular flexibility index (Phi) is 7.50. The van der Waals surface area contributed by atoms with E-state index in [0.29, 0.717) is 12.3 Å². The molecule has 0 bridgehead atoms. The van der Waals surface area contributed by atoms with Gasteiger partial charge in [0.2, 0.25) is 0 Å². The average molecular weight is 434 g/mol. The maximum Gasteiger partial charge on any atom is 0.257 e. The maximum absolute atomic E-state index is 12.1. The van der Waals surface area contributed by atoms with Crippen molar-refractivity contribution in [1.29, 1.82) is 0 Å². The first-order valence-corrected chi connectivity index (χ1v) is 10.5. The zero-order valence-electron chi connectivity index (χ0n) is 15.9. The number of hydrogen-bond donors (Lipinski definition) is 1. The molecule has 1 amide bonds. The molecule has 2 aromatic carbocycles. The second-order valence-electron chi connectivity index (χ2n) is 6.87. The molecule has 1 fully saturated rings. The zero-order chi connectivity index (χ0) is 19.1. The average Bonchev–Trinajstić information content (AvgIpc) is 2.71. The number of nitrogens with zero attached hydrogens (tertiary/aromatic N) is 2. The van der Waals surface area contributed by atoms with Crippen LogP contribution in [0.1, 0.15) is 13.3 Å². The van der Waals surface area contributed by atoms with Crippen LogP contribution in [0.4, 0.5) is 0 Å². The van der Waals surface area contributed by atoms with Crippen molar-refractivity contribution in [3.05, 3.63) is 40.9 Å². The lowest BCUT2D eigenvalue weighted by atomic mass is 10.1. The van der Waals surface area contributed by atoms with E-state index in [0.717, 1.165) is 60.9 Å². The first-order valence-electron chi connectivity index (χ1n) is 9.69. The molecule has 0 aromatic heterocycles. The molecule has 0 aliphatic carbocycles. The Morgan fingerprint density at radius 2 is 1.85 bits per heavy atom. The summed E-state index contributed by atoms with van der Waals surface area (Å²) < 4.78 is 6.59. The first-order chi connectivity index (χ1) is 13.2. The number of likely N-dealkylation sites (N-methyl/N-ethyl adjacent to an activating group) is 1. The van der Waals surface area contributed by atoms with Crippen LogP contribution in [0, 0.1) is 0 Å². The Labute approximate surface area is 169 Å². The summed E-state index contributed by atoms with van der Waals surface area (Å²) in [5, 5.41) is 5.17. The van der Waals surface area contributed by atoms with Crippen LogP contribution in [-0.2, 0) is 4.79 Å². The number of carbonyl (C=O) groups excluding carboxylic acids is 1. The molecule has 2 aromatic rings. The molecular weight excluding hydrogens is 406 g/mol. The lowest BCUT2D eigenvalue weighted by molar-refractivity contribution is -0.123. The fourth-order valence-electron chi connectivity index (χ4n) is 3.38. The van der Waals surface area contributed by atoms with Crippen molar-refractivity contribution >= 4 is 32.6 Å². The summed E-state index contributed by atoms with van der Waals surface area (Å²) in [7, 11) is 0. The van der Waals surface area contributed by atoms with E-state index in [-0.39, 0.29) is 12.5 Å². The van der Waals surface area contributed by atoms with Crippen LogP contribution in [-0.4, -0.2) is 68.1 Å². The summed E-state index contributed by atoms with van der Waals surface area (Å²) in [6.45, 7) is 9.66. The third-order valence-electron chi connectivity index (χ3n) is 5.07. The zero-order valence-corrected chi connectivity index (χ0v) is 17.5. The molecule has 1 aliphatic heterocycles. The maximum atomic E-state index is 12.1. The van der Waals surface area contributed by atoms with Crippen molar-refractivity contribution in [2.75, 3.05) is 52.4 Å². The minimum absolute atomic E-state index is 0.0338. The van der Waals surface area contributed by atoms with E-state index in [9.17, 15) is 4.79 Å². The van der Waals surface area contributed by atoms with Crippen molar-refractivity contribution in [3.63, 3.8) is 0 Å². The Bertz CT molecular complexity index is 760. The quantitative estimate of drug-likeness (QED) is 0.649. The van der Waals surface area contributed by atoms with Gasteiger partial charge < -0.3 is 19.9 Å². The largest absolute Gasteiger partial charge is 0.483 e. The van der Waals surface area contributed by atoms with Gasteiger partial charge in [-0.2, -0.15) is 0 Å². The number of amides is 1. The topological polar surface area (TPSA) is 44.8 Å². The fourth-order valence-corrected chi connectivity index (χ4v) is 3.99. The Balaban J connectivity index is 1.36. The molecule has 1 heterocycles. The van der Waals surface area contributed by atoms with Crippen LogP contribution < -0.4 is 10.1 Å². The van der Waals surface area contributed by atoms with Crippen molar-refractivity contribution in [2.24, 2.45) is 0 Å². The van der Waals surface area contributed by atoms with Gasteiger partial charge >= 0.3 is 0 Å². The molecule has 0 radical (unpaired) electrons. The van der Waals surface area contributed by atoms with Gasteiger partial charge in [-0.1, -0.05) is 37.3 Å². The van der Waals surface area contributed by atoms with Gasteiger partial charge in [0.15, 0.2) is 6.61 Å². The van der Waals surface area contributed by atoms with Gasteiger partial charge in [0.05, 0.1) is 4.47 Å². The number of benzene rings is 2. The first kappa shape index (κ1) is 20.1. The van der Waals surface area contributed by atoms with Crippen LogP contribution >= 0.6 is 15.9 Å². The number of fused-ring (bicyclic) bond motifs is 1. The minimum Gasteiger partial charge on any atom is -0.483 e. The molecule has 1 N–H and O–H groups in total. The Morgan fingerprint density at radius 1 is 1.11 bits per heavy atom. The van der Waals surface area contributed by atoms with Crippen LogP contribution in [0.2, 0.25) is 0 Å². The third-order valence-corrected chi connectivity index (χ3v) is 5.89. The summed E-state index contributed by atoms with van der Waals surface area (Å²) in [4.78, 5) is 17.0. The smallest absolute Gasteiger partial charge is 0.257 e. The molecule has 0 atom stereocenters. The summed E-state index contributed by atoms with van der Waals surface area (Å²) in [6, 6.07) is 12.0. The molecule has 3 rings (SSSR count). The molecule has 5 nitrogen and oxygen atoms in total. The number of rotatable bonds is 8. The van der Waals surface area contributed by atoms with Gasteiger partial charge in [-0.3, -0.25) is 4.79 Å². The molecule has 1 aliphatic rings. The molecule has 0 unspecified atom stereocenters. The lowest BCUT2D eigenvalue weighted by Gasteiger charge is -2.33. The van der Waals surface area contributed by atoms with Gasteiger partial charge in [0.25, 0.3) is 5.91 Å². The Hall–Kier alpha value is -1.63. The number of nitrogens with one attached hydrogen (secondary N) is 1. The van der Waals surface area contributed by atoms with E-state index in [4.69, 9.17) is 4.74 Å². The molecule has 0 saturated carbocycles. The third kappa shape index (κ3) is 5.67. The van der Waals surface area contributed by atoms with E-state index >= 15 is 0 Å². The highest BCUT2D eigenvalue weighted by Crippen LogP contribution is 2.32. The van der Waals surface area contributed by atoms with Crippen molar-refractivity contribution in [3.8, 4) is 5.75 Å². The summed E-state index contributed by atoms with van der Waals surface area (Å²) in [5.74, 6) is 0.614. The molecule has 146 valence electrons. The van der Waals surface area contributed by atoms with Crippen LogP contribution in [0.25, 0.3) is 10.8 Å². The molecule has 0 spiro atoms. The van der Waals surface area contributed by atoms with Crippen LogP contribution in [0.15, 0.2) is 40.9 Å². The van der Waals surface area contributed by atoms with Crippen molar-refractivity contribution in [1.82, 2.24) is 15.1 Å². The van der Waals surface area contributed by atoms with E-state index in [1.807, 2.05) is 30.3 Å². The highest BCUT2D eigenvalue weighted by Gasteiger charge is 2.14. The van der Waals surface area contributed by atoms with E-state index in [1.165, 1.54) is 0 Å². The minimum atomic E-state index is -0.0779. The van der Waals surface area contributed by atoms with Gasteiger partial charge in [-0.05, 0) is 52.3 Å². The summed E-state index contributed by atoms with van der Waals surface area (Å²) in [5.41, 5.74) is 0. The van der Waals surface area contributed by atoms with Gasteiger partial charge in [-0.25, -0.2) is 0 Å². The fraction of sp³-hybridized carbons (Fsp3) is 0.476. The predicted molar refractivity (Wildman–Crippen MR) is 113 cm³/mol. The molecular formula is C21H28BrN3O2. The van der Waals surface area contributed by atoms with E-state index in [1.54, 1.807) is 0 Å². The second kappa shape index (κ2) is 10.1. The Morgan fingerprint density at radius 3 is 2.63 bits per heavy atom. The van der Waals surface area contributed by atoms with Crippen molar-refractivity contribution < 1.29 is 9.53 Å². The second-order valence-corrected chi connectivity index (χ2v) is 7.66. The lowest BCUT2D eigenvalue weighted by Crippen LogP contribution is -2.46. The number of carbonyl (C=O) groups is 1.